The molecule has 8 heteroatoms. The highest BCUT2D eigenvalue weighted by molar-refractivity contribution is 7.99. The topological polar surface area (TPSA) is 81.0 Å². The smallest absolute Gasteiger partial charge is 0.234 e. The molecule has 32 heavy (non-hydrogen) atoms. The van der Waals surface area contributed by atoms with Crippen LogP contribution in [0.3, 0.4) is 0 Å². The van der Waals surface area contributed by atoms with Crippen LogP contribution in [0.4, 0.5) is 0 Å². The van der Waals surface area contributed by atoms with Crippen LogP contribution in [0, 0.1) is 11.8 Å². The first-order chi connectivity index (χ1) is 15.5. The molecule has 3 atom stereocenters. The summed E-state index contributed by atoms with van der Waals surface area (Å²) < 4.78 is 1.55. The van der Waals surface area contributed by atoms with E-state index in [2.05, 4.69) is 29.4 Å². The Balaban J connectivity index is 1.76. The SMILES string of the molecule is CC(C)[C@H]1C(=O)C[C@H](c2ccccc2)N(C(=O)CSc2nnnn2C)[C@@H]1c1ccccc1. The number of hydrogen-bond donors (Lipinski definition) is 0. The molecule has 2 heterocycles. The molecule has 1 aliphatic heterocycles. The molecule has 0 N–H and O–H groups in total. The van der Waals surface area contributed by atoms with Gasteiger partial charge in [-0.3, -0.25) is 9.59 Å². The molecule has 166 valence electrons. The highest BCUT2D eigenvalue weighted by atomic mass is 32.2. The Morgan fingerprint density at radius 3 is 2.25 bits per heavy atom. The third-order valence-corrected chi connectivity index (χ3v) is 6.97. The Morgan fingerprint density at radius 1 is 1.06 bits per heavy atom. The minimum Gasteiger partial charge on any atom is -0.327 e. The van der Waals surface area contributed by atoms with E-state index < -0.39 is 0 Å². The van der Waals surface area contributed by atoms with Crippen LogP contribution < -0.4 is 0 Å². The molecule has 1 amide bonds. The summed E-state index contributed by atoms with van der Waals surface area (Å²) >= 11 is 1.31. The monoisotopic (exact) mass is 449 g/mol. The number of hydrogen-bond acceptors (Lipinski definition) is 6. The van der Waals surface area contributed by atoms with Crippen molar-refractivity contribution in [1.82, 2.24) is 25.1 Å². The fourth-order valence-corrected chi connectivity index (χ4v) is 5.27. The molecule has 1 saturated heterocycles. The molecule has 0 spiro atoms. The number of rotatable bonds is 6. The molecule has 1 aliphatic rings. The predicted octanol–water partition coefficient (Wildman–Crippen LogP) is 3.86. The van der Waals surface area contributed by atoms with Gasteiger partial charge in [0.15, 0.2) is 0 Å². The standard InChI is InChI=1S/C24H27N5O2S/c1-16(2)22-20(30)14-19(17-10-6-4-7-11-17)29(23(22)18-12-8-5-9-13-18)21(31)15-32-24-25-26-27-28(24)3/h4-13,16,19,22-23H,14-15H2,1-3H3/t19-,22+,23-/m1/s1. The molecular formula is C24H27N5O2S. The van der Waals surface area contributed by atoms with Gasteiger partial charge in [0, 0.05) is 19.4 Å². The van der Waals surface area contributed by atoms with E-state index in [9.17, 15) is 9.59 Å². The maximum Gasteiger partial charge on any atom is 0.234 e. The van der Waals surface area contributed by atoms with Crippen LogP contribution in [0.5, 0.6) is 0 Å². The van der Waals surface area contributed by atoms with E-state index in [1.165, 1.54) is 11.8 Å². The second kappa shape index (κ2) is 9.65. The van der Waals surface area contributed by atoms with Crippen molar-refractivity contribution in [2.75, 3.05) is 5.75 Å². The lowest BCUT2D eigenvalue weighted by molar-refractivity contribution is -0.147. The number of likely N-dealkylation sites (tertiary alicyclic amines) is 1. The van der Waals surface area contributed by atoms with E-state index in [1.807, 2.05) is 65.6 Å². The summed E-state index contributed by atoms with van der Waals surface area (Å²) in [7, 11) is 1.75. The van der Waals surface area contributed by atoms with Crippen molar-refractivity contribution in [3.8, 4) is 0 Å². The Hall–Kier alpha value is -3.00. The number of aryl methyl sites for hydroxylation is 1. The molecule has 0 radical (unpaired) electrons. The summed E-state index contributed by atoms with van der Waals surface area (Å²) in [6, 6.07) is 19.1. The molecule has 4 rings (SSSR count). The maximum absolute atomic E-state index is 13.8. The normalized spacial score (nSPS) is 21.2. The third kappa shape index (κ3) is 4.46. The van der Waals surface area contributed by atoms with Gasteiger partial charge in [0.25, 0.3) is 0 Å². The van der Waals surface area contributed by atoms with Crippen LogP contribution in [-0.4, -0.2) is 42.6 Å². The Kier molecular flexibility index (Phi) is 6.69. The zero-order valence-corrected chi connectivity index (χ0v) is 19.3. The minimum atomic E-state index is -0.326. The highest BCUT2D eigenvalue weighted by Crippen LogP contribution is 2.46. The van der Waals surface area contributed by atoms with Crippen molar-refractivity contribution in [2.24, 2.45) is 18.9 Å². The summed E-state index contributed by atoms with van der Waals surface area (Å²) in [5.74, 6) is 0.216. The number of thioether (sulfide) groups is 1. The number of Topliss-reactive ketones (excluding diaryl/α,β-unsaturated/α-hetero) is 1. The van der Waals surface area contributed by atoms with Crippen molar-refractivity contribution in [3.63, 3.8) is 0 Å². The van der Waals surface area contributed by atoms with Gasteiger partial charge < -0.3 is 4.90 Å². The van der Waals surface area contributed by atoms with E-state index >= 15 is 0 Å². The predicted molar refractivity (Wildman–Crippen MR) is 123 cm³/mol. The molecule has 0 saturated carbocycles. The summed E-state index contributed by atoms with van der Waals surface area (Å²) in [4.78, 5) is 29.1. The fraction of sp³-hybridized carbons (Fsp3) is 0.375. The first kappa shape index (κ1) is 22.2. The number of amides is 1. The largest absolute Gasteiger partial charge is 0.327 e. The summed E-state index contributed by atoms with van der Waals surface area (Å²) in [5.41, 5.74) is 1.96. The first-order valence-electron chi connectivity index (χ1n) is 10.8. The van der Waals surface area contributed by atoms with Gasteiger partial charge in [-0.1, -0.05) is 86.3 Å². The average Bonchev–Trinajstić information content (AvgIpc) is 3.22. The lowest BCUT2D eigenvalue weighted by Gasteiger charge is -2.47. The molecule has 0 bridgehead atoms. The minimum absolute atomic E-state index is 0.0288. The van der Waals surface area contributed by atoms with Crippen LogP contribution in [0.1, 0.15) is 43.5 Å². The molecule has 2 aromatic carbocycles. The molecule has 0 unspecified atom stereocenters. The quantitative estimate of drug-likeness (QED) is 0.532. The zero-order chi connectivity index (χ0) is 22.7. The molecule has 1 aromatic heterocycles. The number of aromatic nitrogens is 4. The van der Waals surface area contributed by atoms with Crippen LogP contribution >= 0.6 is 11.8 Å². The van der Waals surface area contributed by atoms with Crippen molar-refractivity contribution >= 4 is 23.5 Å². The number of ketones is 1. The first-order valence-corrected chi connectivity index (χ1v) is 11.7. The van der Waals surface area contributed by atoms with Gasteiger partial charge in [-0.15, -0.1) is 5.10 Å². The van der Waals surface area contributed by atoms with Gasteiger partial charge in [-0.25, -0.2) is 4.68 Å². The second-order valence-electron chi connectivity index (χ2n) is 8.40. The number of nitrogens with zero attached hydrogens (tertiary/aromatic N) is 5. The second-order valence-corrected chi connectivity index (χ2v) is 9.34. The van der Waals surface area contributed by atoms with E-state index in [1.54, 1.807) is 11.7 Å². The molecule has 7 nitrogen and oxygen atoms in total. The van der Waals surface area contributed by atoms with E-state index in [0.717, 1.165) is 11.1 Å². The summed E-state index contributed by atoms with van der Waals surface area (Å²) in [6.45, 7) is 4.12. The van der Waals surface area contributed by atoms with E-state index in [4.69, 9.17) is 0 Å². The lowest BCUT2D eigenvalue weighted by atomic mass is 9.74. The molecular weight excluding hydrogens is 422 g/mol. The lowest BCUT2D eigenvalue weighted by Crippen LogP contribution is -2.50. The number of carbonyl (C=O) groups is 2. The Morgan fingerprint density at radius 2 is 1.69 bits per heavy atom. The number of carbonyl (C=O) groups excluding carboxylic acids is 2. The highest BCUT2D eigenvalue weighted by Gasteiger charge is 2.46. The average molecular weight is 450 g/mol. The zero-order valence-electron chi connectivity index (χ0n) is 18.5. The Bertz CT molecular complexity index is 1070. The third-order valence-electron chi connectivity index (χ3n) is 5.98. The maximum atomic E-state index is 13.8. The van der Waals surface area contributed by atoms with Crippen molar-refractivity contribution < 1.29 is 9.59 Å². The van der Waals surface area contributed by atoms with Gasteiger partial charge in [-0.05, 0) is 27.5 Å². The van der Waals surface area contributed by atoms with Crippen molar-refractivity contribution in [1.29, 1.82) is 0 Å². The van der Waals surface area contributed by atoms with Crippen molar-refractivity contribution in [3.05, 3.63) is 71.8 Å². The van der Waals surface area contributed by atoms with Gasteiger partial charge in [0.2, 0.25) is 11.1 Å². The fourth-order valence-electron chi connectivity index (χ4n) is 4.55. The van der Waals surface area contributed by atoms with E-state index in [0.29, 0.717) is 11.6 Å². The molecule has 0 aliphatic carbocycles. The number of piperidine rings is 1. The van der Waals surface area contributed by atoms with Gasteiger partial charge in [-0.2, -0.15) is 0 Å². The molecule has 1 fully saturated rings. The van der Waals surface area contributed by atoms with Crippen LogP contribution in [0.25, 0.3) is 0 Å². The van der Waals surface area contributed by atoms with Crippen LogP contribution in [-0.2, 0) is 16.6 Å². The van der Waals surface area contributed by atoms with Crippen molar-refractivity contribution in [2.45, 2.75) is 37.5 Å². The van der Waals surface area contributed by atoms with Crippen LogP contribution in [0.2, 0.25) is 0 Å². The molecule has 3 aromatic rings. The summed E-state index contributed by atoms with van der Waals surface area (Å²) in [5, 5.41) is 12.1. The van der Waals surface area contributed by atoms with E-state index in [-0.39, 0.29) is 41.4 Å². The van der Waals surface area contributed by atoms with Crippen LogP contribution in [0.15, 0.2) is 65.8 Å². The number of tetrazole rings is 1. The number of benzene rings is 2. The Labute approximate surface area is 192 Å². The van der Waals surface area contributed by atoms with Gasteiger partial charge >= 0.3 is 0 Å². The van der Waals surface area contributed by atoms with Gasteiger partial charge in [0.05, 0.1) is 17.8 Å². The van der Waals surface area contributed by atoms with Gasteiger partial charge in [0.1, 0.15) is 5.78 Å². The summed E-state index contributed by atoms with van der Waals surface area (Å²) in [6.07, 6.45) is 0.318.